The Bertz CT molecular complexity index is 515. The van der Waals surface area contributed by atoms with Gasteiger partial charge in [0.15, 0.2) is 0 Å². The first-order valence-corrected chi connectivity index (χ1v) is 7.09. The van der Waals surface area contributed by atoms with Gasteiger partial charge in [-0.1, -0.05) is 0 Å². The van der Waals surface area contributed by atoms with E-state index >= 15 is 0 Å². The molecule has 0 radical (unpaired) electrons. The number of ether oxygens (including phenoxy) is 1. The third kappa shape index (κ3) is 5.45. The molecule has 2 N–H and O–H groups in total. The first-order valence-electron chi connectivity index (χ1n) is 7.09. The molecule has 1 aliphatic carbocycles. The van der Waals surface area contributed by atoms with Crippen LogP contribution in [0.4, 0.5) is 4.79 Å². The van der Waals surface area contributed by atoms with Crippen molar-refractivity contribution in [1.29, 1.82) is 0 Å². The zero-order valence-corrected chi connectivity index (χ0v) is 12.7. The number of aromatic nitrogens is 2. The summed E-state index contributed by atoms with van der Waals surface area (Å²) < 4.78 is 6.88. The van der Waals surface area contributed by atoms with Crippen molar-refractivity contribution in [3.63, 3.8) is 0 Å². The van der Waals surface area contributed by atoms with Gasteiger partial charge in [0.25, 0.3) is 0 Å². The van der Waals surface area contributed by atoms with Gasteiger partial charge < -0.3 is 19.9 Å². The number of alkyl carbamates (subject to hydrolysis) is 1. The fraction of sp³-hybridized carbons (Fsp3) is 0.643. The number of rotatable bonds is 5. The molecular weight excluding hydrogens is 272 g/mol. The van der Waals surface area contributed by atoms with E-state index in [1.165, 1.54) is 0 Å². The molecule has 1 aromatic rings. The summed E-state index contributed by atoms with van der Waals surface area (Å²) in [5.41, 5.74) is 0.223. The van der Waals surface area contributed by atoms with Gasteiger partial charge in [0, 0.05) is 12.2 Å². The lowest BCUT2D eigenvalue weighted by molar-refractivity contribution is -0.121. The van der Waals surface area contributed by atoms with Crippen LogP contribution in [0.1, 0.15) is 39.3 Å². The Hall–Kier alpha value is -2.05. The molecule has 0 unspecified atom stereocenters. The largest absolute Gasteiger partial charge is 0.444 e. The van der Waals surface area contributed by atoms with E-state index in [2.05, 4.69) is 15.6 Å². The molecule has 116 valence electrons. The first kappa shape index (κ1) is 15.3. The number of hydrogen-bond donors (Lipinski definition) is 2. The number of carbonyl (C=O) groups excluding carboxylic acids is 2. The van der Waals surface area contributed by atoms with Gasteiger partial charge in [-0.05, 0) is 33.6 Å². The molecule has 0 aliphatic heterocycles. The number of imidazole rings is 1. The van der Waals surface area contributed by atoms with E-state index in [1.807, 2.05) is 0 Å². The molecule has 0 spiro atoms. The summed E-state index contributed by atoms with van der Waals surface area (Å²) in [6.07, 6.45) is 4.84. The first-order chi connectivity index (χ1) is 9.83. The molecule has 1 saturated carbocycles. The lowest BCUT2D eigenvalue weighted by atomic mass is 10.2. The maximum atomic E-state index is 11.8. The van der Waals surface area contributed by atoms with Gasteiger partial charge in [0.05, 0.1) is 18.6 Å². The molecule has 0 saturated heterocycles. The van der Waals surface area contributed by atoms with Gasteiger partial charge in [0.1, 0.15) is 12.1 Å². The fourth-order valence-electron chi connectivity index (χ4n) is 1.77. The molecule has 0 atom stereocenters. The van der Waals surface area contributed by atoms with Crippen LogP contribution in [0, 0.1) is 0 Å². The predicted octanol–water partition coefficient (Wildman–Crippen LogP) is 1.19. The highest BCUT2D eigenvalue weighted by Crippen LogP contribution is 2.18. The molecule has 0 aromatic carbocycles. The Labute approximate surface area is 124 Å². The highest BCUT2D eigenvalue weighted by Gasteiger charge is 2.23. The Balaban J connectivity index is 1.82. The van der Waals surface area contributed by atoms with Crippen LogP contribution < -0.4 is 10.6 Å². The van der Waals surface area contributed by atoms with Gasteiger partial charge >= 0.3 is 6.09 Å². The summed E-state index contributed by atoms with van der Waals surface area (Å²) in [6, 6.07) is 0.337. The zero-order chi connectivity index (χ0) is 15.5. The Morgan fingerprint density at radius 2 is 2.14 bits per heavy atom. The molecule has 1 fully saturated rings. The van der Waals surface area contributed by atoms with Gasteiger partial charge in [-0.15, -0.1) is 0 Å². The van der Waals surface area contributed by atoms with Gasteiger partial charge in [-0.2, -0.15) is 0 Å². The van der Waals surface area contributed by atoms with Gasteiger partial charge in [-0.3, -0.25) is 4.79 Å². The number of nitrogens with one attached hydrogen (secondary N) is 2. The maximum absolute atomic E-state index is 11.8. The molecule has 1 aliphatic rings. The van der Waals surface area contributed by atoms with Gasteiger partial charge in [-0.25, -0.2) is 9.78 Å². The Morgan fingerprint density at radius 1 is 1.43 bits per heavy atom. The lowest BCUT2D eigenvalue weighted by Crippen LogP contribution is -2.33. The van der Waals surface area contributed by atoms with E-state index in [-0.39, 0.29) is 19.0 Å². The van der Waals surface area contributed by atoms with Gasteiger partial charge in [0.2, 0.25) is 5.91 Å². The second kappa shape index (κ2) is 6.15. The van der Waals surface area contributed by atoms with Crippen molar-refractivity contribution >= 4 is 12.0 Å². The number of carbonyl (C=O) groups is 2. The van der Waals surface area contributed by atoms with Crippen molar-refractivity contribution in [3.05, 3.63) is 18.2 Å². The summed E-state index contributed by atoms with van der Waals surface area (Å²) in [7, 11) is 0. The third-order valence-electron chi connectivity index (χ3n) is 2.87. The van der Waals surface area contributed by atoms with Crippen LogP contribution >= 0.6 is 0 Å². The number of amides is 2. The van der Waals surface area contributed by atoms with Crippen LogP contribution in [0.15, 0.2) is 12.5 Å². The highest BCUT2D eigenvalue weighted by molar-refractivity contribution is 5.76. The van der Waals surface area contributed by atoms with Crippen LogP contribution in [0.5, 0.6) is 0 Å². The lowest BCUT2D eigenvalue weighted by Gasteiger charge is -2.19. The second-order valence-corrected chi connectivity index (χ2v) is 6.21. The molecule has 2 rings (SSSR count). The fourth-order valence-corrected chi connectivity index (χ4v) is 1.77. The highest BCUT2D eigenvalue weighted by atomic mass is 16.6. The van der Waals surface area contributed by atoms with E-state index in [4.69, 9.17) is 4.74 Å². The van der Waals surface area contributed by atoms with Crippen molar-refractivity contribution in [2.24, 2.45) is 0 Å². The standard InChI is InChI=1S/C14H22N4O3/c1-14(2,3)21-13(20)16-7-11-6-15-9-18(11)8-12(19)17-10-4-5-10/h6,9-10H,4-5,7-8H2,1-3H3,(H,16,20)(H,17,19). The van der Waals surface area contributed by atoms with E-state index in [0.717, 1.165) is 18.5 Å². The summed E-state index contributed by atoms with van der Waals surface area (Å²) in [4.78, 5) is 27.4. The topological polar surface area (TPSA) is 85.2 Å². The Kier molecular flexibility index (Phi) is 4.50. The van der Waals surface area contributed by atoms with Crippen LogP contribution in [-0.2, 0) is 22.6 Å². The SMILES string of the molecule is CC(C)(C)OC(=O)NCc1cncn1CC(=O)NC1CC1. The molecule has 7 heteroatoms. The Morgan fingerprint density at radius 3 is 2.76 bits per heavy atom. The minimum Gasteiger partial charge on any atom is -0.444 e. The average molecular weight is 294 g/mol. The summed E-state index contributed by atoms with van der Waals surface area (Å²) in [5.74, 6) is -0.0333. The van der Waals surface area contributed by atoms with Crippen molar-refractivity contribution in [1.82, 2.24) is 20.2 Å². The van der Waals surface area contributed by atoms with E-state index in [9.17, 15) is 9.59 Å². The smallest absolute Gasteiger partial charge is 0.407 e. The summed E-state index contributed by atoms with van der Waals surface area (Å²) in [5, 5.41) is 5.57. The number of hydrogen-bond acceptors (Lipinski definition) is 4. The normalized spacial score (nSPS) is 14.6. The minimum absolute atomic E-state index is 0.0333. The van der Waals surface area contributed by atoms with Crippen LogP contribution in [0.3, 0.4) is 0 Å². The molecule has 0 bridgehead atoms. The molecule has 1 aromatic heterocycles. The van der Waals surface area contributed by atoms with E-state index in [1.54, 1.807) is 37.9 Å². The van der Waals surface area contributed by atoms with Crippen LogP contribution in [0.25, 0.3) is 0 Å². The third-order valence-corrected chi connectivity index (χ3v) is 2.87. The molecule has 1 heterocycles. The maximum Gasteiger partial charge on any atom is 0.407 e. The van der Waals surface area contributed by atoms with Crippen LogP contribution in [-0.4, -0.2) is 33.2 Å². The molecule has 2 amide bonds. The van der Waals surface area contributed by atoms with Crippen LogP contribution in [0.2, 0.25) is 0 Å². The monoisotopic (exact) mass is 294 g/mol. The number of nitrogens with zero attached hydrogens (tertiary/aromatic N) is 2. The molecular formula is C14H22N4O3. The minimum atomic E-state index is -0.533. The second-order valence-electron chi connectivity index (χ2n) is 6.21. The predicted molar refractivity (Wildman–Crippen MR) is 76.5 cm³/mol. The zero-order valence-electron chi connectivity index (χ0n) is 12.7. The van der Waals surface area contributed by atoms with E-state index in [0.29, 0.717) is 6.04 Å². The molecule has 21 heavy (non-hydrogen) atoms. The molecule has 7 nitrogen and oxygen atoms in total. The van der Waals surface area contributed by atoms with Crippen molar-refractivity contribution in [2.75, 3.05) is 0 Å². The van der Waals surface area contributed by atoms with Crippen molar-refractivity contribution in [2.45, 2.75) is 58.3 Å². The van der Waals surface area contributed by atoms with E-state index < -0.39 is 11.7 Å². The quantitative estimate of drug-likeness (QED) is 0.854. The summed E-state index contributed by atoms with van der Waals surface area (Å²) >= 11 is 0. The summed E-state index contributed by atoms with van der Waals surface area (Å²) in [6.45, 7) is 5.89. The van der Waals surface area contributed by atoms with Crippen molar-refractivity contribution in [3.8, 4) is 0 Å². The van der Waals surface area contributed by atoms with Crippen molar-refractivity contribution < 1.29 is 14.3 Å². The average Bonchev–Trinajstić information content (AvgIpc) is 3.03.